The predicted molar refractivity (Wildman–Crippen MR) is 120 cm³/mol. The molecule has 0 aliphatic carbocycles. The number of ether oxygens (including phenoxy) is 2. The van der Waals surface area contributed by atoms with E-state index in [1.165, 1.54) is 38.5 Å². The average molecular weight is 526 g/mol. The average Bonchev–Trinajstić information content (AvgIpc) is 2.76. The molecule has 0 aromatic carbocycles. The van der Waals surface area contributed by atoms with Gasteiger partial charge < -0.3 is 28.3 Å². The van der Waals surface area contributed by atoms with Crippen LogP contribution in [0.15, 0.2) is 0 Å². The van der Waals surface area contributed by atoms with Gasteiger partial charge in [-0.1, -0.05) is 70.6 Å². The summed E-state index contributed by atoms with van der Waals surface area (Å²) in [6.45, 7) is 2.52. The van der Waals surface area contributed by atoms with Gasteiger partial charge in [0.15, 0.2) is 6.10 Å². The van der Waals surface area contributed by atoms with Gasteiger partial charge in [0.25, 0.3) is 0 Å². The van der Waals surface area contributed by atoms with Gasteiger partial charge in [0.1, 0.15) is 6.61 Å². The first kappa shape index (κ1) is 39.2. The van der Waals surface area contributed by atoms with Crippen LogP contribution in [0.25, 0.3) is 0 Å². The third-order valence-corrected chi connectivity index (χ3v) is 4.79. The van der Waals surface area contributed by atoms with Crippen LogP contribution >= 0.6 is 7.82 Å². The van der Waals surface area contributed by atoms with Gasteiger partial charge in [-0.3, -0.25) is 4.79 Å². The van der Waals surface area contributed by atoms with Crippen LogP contribution in [0.1, 0.15) is 84.5 Å². The van der Waals surface area contributed by atoms with E-state index in [-0.39, 0.29) is 65.5 Å². The summed E-state index contributed by atoms with van der Waals surface area (Å²) in [7, 11) is -5.28. The van der Waals surface area contributed by atoms with Gasteiger partial charge in [-0.05, 0) is 37.0 Å². The fraction of sp³-hybridized carbons (Fsp3) is 0.667. The Morgan fingerprint density at radius 3 is 1.91 bits per heavy atom. The second-order valence-electron chi connectivity index (χ2n) is 7.26. The number of hydrogen-bond acceptors (Lipinski definition) is 8. The minimum atomic E-state index is -5.28. The topological polar surface area (TPSA) is 125 Å². The number of unbranched alkanes of at least 4 members (excludes halogenated alkanes) is 9. The number of rotatable bonds is 17. The van der Waals surface area contributed by atoms with Gasteiger partial charge in [0.05, 0.1) is 14.4 Å². The Kier molecular flexibility index (Phi) is 30.0. The van der Waals surface area contributed by atoms with Crippen molar-refractivity contribution in [1.82, 2.24) is 0 Å². The van der Waals surface area contributed by atoms with Crippen LogP contribution in [0, 0.1) is 35.5 Å². The van der Waals surface area contributed by atoms with Gasteiger partial charge in [0, 0.05) is 12.3 Å². The van der Waals surface area contributed by atoms with Crippen molar-refractivity contribution < 1.29 is 97.1 Å². The summed E-state index contributed by atoms with van der Waals surface area (Å²) in [5, 5.41) is 0. The Labute approximate surface area is 254 Å². The van der Waals surface area contributed by atoms with Crippen LogP contribution in [0.5, 0.6) is 0 Å². The molecular formula is C24H33Na2O8P. The molecule has 0 fully saturated rings. The molecule has 0 unspecified atom stereocenters. The number of hydrogen-bond donors (Lipinski definition) is 0. The molecule has 1 atom stereocenters. The van der Waals surface area contributed by atoms with Crippen LogP contribution in [-0.4, -0.2) is 31.3 Å². The van der Waals surface area contributed by atoms with Crippen molar-refractivity contribution in [3.8, 4) is 35.5 Å². The number of phosphoric acid groups is 1. The van der Waals surface area contributed by atoms with Crippen LogP contribution in [0.2, 0.25) is 0 Å². The van der Waals surface area contributed by atoms with Gasteiger partial charge in [0.2, 0.25) is 0 Å². The first-order chi connectivity index (χ1) is 15.8. The van der Waals surface area contributed by atoms with Crippen LogP contribution in [0.4, 0.5) is 0 Å². The van der Waals surface area contributed by atoms with Crippen LogP contribution in [-0.2, 0) is 28.2 Å². The first-order valence-electron chi connectivity index (χ1n) is 11.2. The van der Waals surface area contributed by atoms with Crippen molar-refractivity contribution in [2.24, 2.45) is 0 Å². The molecule has 0 aromatic rings. The molecule has 0 saturated carbocycles. The second-order valence-corrected chi connectivity index (χ2v) is 8.41. The summed E-state index contributed by atoms with van der Waals surface area (Å²) < 4.78 is 24.8. The van der Waals surface area contributed by atoms with Crippen molar-refractivity contribution in [2.45, 2.75) is 90.6 Å². The smallest absolute Gasteiger partial charge is 0.790 e. The fourth-order valence-electron chi connectivity index (χ4n) is 2.70. The van der Waals surface area contributed by atoms with Crippen LogP contribution in [0.3, 0.4) is 0 Å². The number of phosphoric ester groups is 1. The molecule has 0 spiro atoms. The minimum absolute atomic E-state index is 0. The third-order valence-electron chi connectivity index (χ3n) is 4.33. The Balaban J connectivity index is -0.00000512. The molecule has 0 rings (SSSR count). The molecule has 184 valence electrons. The molecule has 0 radical (unpaired) electrons. The SMILES string of the molecule is CC#CC#CC#CC(=O)OC[C@@H](COP(=O)([O-])[O-])OC(=O)CCCCCCCCCCCC.[Na+].[Na+]. The third kappa shape index (κ3) is 29.8. The van der Waals surface area contributed by atoms with Crippen molar-refractivity contribution >= 4 is 19.8 Å². The van der Waals surface area contributed by atoms with E-state index in [4.69, 9.17) is 9.47 Å². The Morgan fingerprint density at radius 2 is 1.37 bits per heavy atom. The summed E-state index contributed by atoms with van der Waals surface area (Å²) in [5.41, 5.74) is 0. The van der Waals surface area contributed by atoms with Gasteiger partial charge in [-0.15, -0.1) is 0 Å². The predicted octanol–water partition coefficient (Wildman–Crippen LogP) is -3.36. The molecule has 11 heteroatoms. The van der Waals surface area contributed by atoms with Gasteiger partial charge in [-0.2, -0.15) is 0 Å². The monoisotopic (exact) mass is 526 g/mol. The summed E-state index contributed by atoms with van der Waals surface area (Å²) in [5.74, 6) is 12.4. The molecule has 0 saturated heterocycles. The molecular weight excluding hydrogens is 493 g/mol. The van der Waals surface area contributed by atoms with E-state index >= 15 is 0 Å². The molecule has 8 nitrogen and oxygen atoms in total. The normalized spacial score (nSPS) is 10.4. The van der Waals surface area contributed by atoms with Gasteiger partial charge >= 0.3 is 71.1 Å². The second kappa shape index (κ2) is 26.8. The summed E-state index contributed by atoms with van der Waals surface area (Å²) >= 11 is 0. The van der Waals surface area contributed by atoms with E-state index in [1.807, 2.05) is 0 Å². The maximum atomic E-state index is 12.0. The summed E-state index contributed by atoms with van der Waals surface area (Å²) in [6, 6.07) is 0. The summed E-state index contributed by atoms with van der Waals surface area (Å²) in [4.78, 5) is 45.0. The van der Waals surface area contributed by atoms with Crippen molar-refractivity contribution in [3.05, 3.63) is 0 Å². The van der Waals surface area contributed by atoms with Crippen molar-refractivity contribution in [3.63, 3.8) is 0 Å². The number of carbonyl (C=O) groups is 2. The van der Waals surface area contributed by atoms with E-state index in [0.717, 1.165) is 19.3 Å². The quantitative estimate of drug-likeness (QED) is 0.0481. The van der Waals surface area contributed by atoms with E-state index in [1.54, 1.807) is 6.92 Å². The van der Waals surface area contributed by atoms with Gasteiger partial charge in [-0.25, -0.2) is 4.79 Å². The van der Waals surface area contributed by atoms with E-state index in [9.17, 15) is 23.9 Å². The van der Waals surface area contributed by atoms with E-state index < -0.39 is 39.1 Å². The fourth-order valence-corrected chi connectivity index (χ4v) is 3.05. The molecule has 0 aromatic heterocycles. The largest absolute Gasteiger partial charge is 1.00 e. The van der Waals surface area contributed by atoms with Crippen molar-refractivity contribution in [1.29, 1.82) is 0 Å². The molecule has 0 N–H and O–H groups in total. The molecule has 0 aliphatic heterocycles. The Hall–Kier alpha value is -0.270. The number of carbonyl (C=O) groups excluding carboxylic acids is 2. The standard InChI is InChI=1S/C24H35O8P.2Na/c1-3-5-7-9-10-11-12-13-15-17-19-24(26)32-22(21-31-33(27,28)29)20-30-23(25)18-16-14-8-6-4-2;;/h22H,3,5,7,9-13,15,17,19-21H2,1-2H3,(H2,27,28,29);;/q;2*+1/p-2/t22-;;/m0../s1. The minimum Gasteiger partial charge on any atom is -0.790 e. The summed E-state index contributed by atoms with van der Waals surface area (Å²) in [6.07, 6.45) is 9.98. The van der Waals surface area contributed by atoms with E-state index in [0.29, 0.717) is 6.42 Å². The van der Waals surface area contributed by atoms with Crippen LogP contribution < -0.4 is 68.9 Å². The Morgan fingerprint density at radius 1 is 0.829 bits per heavy atom. The maximum Gasteiger partial charge on any atom is 1.00 e. The van der Waals surface area contributed by atoms with Crippen molar-refractivity contribution in [2.75, 3.05) is 13.2 Å². The zero-order valence-electron chi connectivity index (χ0n) is 21.5. The molecule has 35 heavy (non-hydrogen) atoms. The maximum absolute atomic E-state index is 12.0. The molecule has 0 aliphatic rings. The van der Waals surface area contributed by atoms with E-state index in [2.05, 4.69) is 47.0 Å². The molecule has 0 heterocycles. The Bertz CT molecular complexity index is 809. The first-order valence-corrected chi connectivity index (χ1v) is 12.7. The zero-order valence-corrected chi connectivity index (χ0v) is 26.4. The molecule has 0 bridgehead atoms. The zero-order chi connectivity index (χ0) is 24.8. The molecule has 0 amide bonds. The number of esters is 2.